The molecule has 0 amide bonds. The first-order chi connectivity index (χ1) is 12.5. The number of ether oxygens (including phenoxy) is 2. The Kier molecular flexibility index (Phi) is 4.63. The smallest absolute Gasteiger partial charge is 0.252 e. The van der Waals surface area contributed by atoms with Crippen molar-refractivity contribution in [3.8, 4) is 0 Å². The van der Waals surface area contributed by atoms with Crippen molar-refractivity contribution in [1.29, 1.82) is 0 Å². The van der Waals surface area contributed by atoms with Gasteiger partial charge in [0.2, 0.25) is 0 Å². The third-order valence-corrected chi connectivity index (χ3v) is 6.44. The first-order valence-electron chi connectivity index (χ1n) is 9.49. The maximum Gasteiger partial charge on any atom is 0.252 e. The highest BCUT2D eigenvalue weighted by atomic mass is 16.5. The lowest BCUT2D eigenvalue weighted by atomic mass is 9.79. The molecule has 1 aromatic carbocycles. The number of H-pyrrole nitrogens is 1. The molecular formula is C21H28N2O3. The lowest BCUT2D eigenvalue weighted by molar-refractivity contribution is -0.0947. The molecule has 2 heterocycles. The second-order valence-electron chi connectivity index (χ2n) is 7.85. The van der Waals surface area contributed by atoms with E-state index in [0.29, 0.717) is 12.6 Å². The van der Waals surface area contributed by atoms with Crippen LogP contribution < -0.4 is 5.56 Å². The van der Waals surface area contributed by atoms with Crippen molar-refractivity contribution in [2.24, 2.45) is 0 Å². The average Bonchev–Trinajstić information content (AvgIpc) is 3.00. The third kappa shape index (κ3) is 2.98. The van der Waals surface area contributed by atoms with Crippen LogP contribution in [0.5, 0.6) is 0 Å². The van der Waals surface area contributed by atoms with Crippen LogP contribution in [-0.4, -0.2) is 48.4 Å². The molecule has 0 bridgehead atoms. The van der Waals surface area contributed by atoms with E-state index >= 15 is 0 Å². The molecule has 1 saturated carbocycles. The number of fused-ring (bicyclic) bond motifs is 2. The number of pyridine rings is 1. The van der Waals surface area contributed by atoms with Gasteiger partial charge < -0.3 is 14.5 Å². The van der Waals surface area contributed by atoms with Crippen molar-refractivity contribution < 1.29 is 9.47 Å². The Hall–Kier alpha value is -1.69. The van der Waals surface area contributed by atoms with Gasteiger partial charge in [-0.25, -0.2) is 0 Å². The maximum atomic E-state index is 12.6. The summed E-state index contributed by atoms with van der Waals surface area (Å²) in [4.78, 5) is 18.1. The quantitative estimate of drug-likeness (QED) is 0.915. The molecule has 1 saturated heterocycles. The van der Waals surface area contributed by atoms with Gasteiger partial charge >= 0.3 is 0 Å². The minimum absolute atomic E-state index is 0.0112. The zero-order valence-corrected chi connectivity index (χ0v) is 15.9. The van der Waals surface area contributed by atoms with Crippen molar-refractivity contribution in [3.05, 3.63) is 45.7 Å². The summed E-state index contributed by atoms with van der Waals surface area (Å²) in [5.74, 6) is 0. The first kappa shape index (κ1) is 17.7. The Labute approximate surface area is 154 Å². The summed E-state index contributed by atoms with van der Waals surface area (Å²) < 4.78 is 11.6. The van der Waals surface area contributed by atoms with Gasteiger partial charge in [0.05, 0.1) is 11.7 Å². The van der Waals surface area contributed by atoms with Crippen LogP contribution in [0, 0.1) is 6.92 Å². The zero-order chi connectivity index (χ0) is 18.3. The summed E-state index contributed by atoms with van der Waals surface area (Å²) in [6, 6.07) is 8.53. The van der Waals surface area contributed by atoms with Crippen LogP contribution in [-0.2, 0) is 16.0 Å². The molecule has 1 aromatic heterocycles. The predicted octanol–water partition coefficient (Wildman–Crippen LogP) is 2.99. The van der Waals surface area contributed by atoms with Gasteiger partial charge in [0.15, 0.2) is 0 Å². The number of benzene rings is 1. The number of hydrogen-bond donors (Lipinski definition) is 1. The Bertz CT molecular complexity index is 862. The minimum Gasteiger partial charge on any atom is -0.381 e. The van der Waals surface area contributed by atoms with Crippen LogP contribution >= 0.6 is 0 Å². The van der Waals surface area contributed by atoms with Gasteiger partial charge in [0.25, 0.3) is 5.56 Å². The lowest BCUT2D eigenvalue weighted by Gasteiger charge is -2.43. The van der Waals surface area contributed by atoms with Gasteiger partial charge in [-0.3, -0.25) is 9.69 Å². The summed E-state index contributed by atoms with van der Waals surface area (Å²) >= 11 is 0. The normalized spacial score (nSPS) is 29.2. The largest absolute Gasteiger partial charge is 0.381 e. The summed E-state index contributed by atoms with van der Waals surface area (Å²) in [6.07, 6.45) is 4.34. The molecular weight excluding hydrogens is 328 g/mol. The summed E-state index contributed by atoms with van der Waals surface area (Å²) in [5, 5.41) is 1.08. The molecule has 26 heavy (non-hydrogen) atoms. The minimum atomic E-state index is -0.0875. The Balaban J connectivity index is 1.62. The van der Waals surface area contributed by atoms with Gasteiger partial charge in [-0.1, -0.05) is 12.1 Å². The fraction of sp³-hybridized carbons (Fsp3) is 0.571. The standard InChI is InChI=1S/C21H28N2O3/c1-14-4-5-15-11-16(20(24)22-18(15)10-14)13-23-9-8-21(26-3)7-6-17(25-2)12-19(21)23/h4-5,10-11,17,19H,6-9,12-13H2,1-3H3,(H,22,24)/t17-,19-,21+/m0/s1. The number of nitrogens with one attached hydrogen (secondary N) is 1. The Morgan fingerprint density at radius 2 is 2.12 bits per heavy atom. The van der Waals surface area contributed by atoms with E-state index in [4.69, 9.17) is 9.47 Å². The molecule has 1 aliphatic heterocycles. The molecule has 0 spiro atoms. The Morgan fingerprint density at radius 3 is 2.88 bits per heavy atom. The summed E-state index contributed by atoms with van der Waals surface area (Å²) in [6.45, 7) is 3.65. The molecule has 2 aromatic rings. The van der Waals surface area contributed by atoms with Gasteiger partial charge in [0.1, 0.15) is 0 Å². The summed E-state index contributed by atoms with van der Waals surface area (Å²) in [5.41, 5.74) is 2.81. The highest BCUT2D eigenvalue weighted by Crippen LogP contribution is 2.43. The number of methoxy groups -OCH3 is 2. The number of hydrogen-bond acceptors (Lipinski definition) is 4. The molecule has 1 aliphatic carbocycles. The lowest BCUT2D eigenvalue weighted by Crippen LogP contribution is -2.51. The molecule has 2 aliphatic rings. The predicted molar refractivity (Wildman–Crippen MR) is 103 cm³/mol. The van der Waals surface area contributed by atoms with E-state index < -0.39 is 0 Å². The van der Waals surface area contributed by atoms with E-state index in [9.17, 15) is 4.79 Å². The van der Waals surface area contributed by atoms with E-state index in [1.807, 2.05) is 26.2 Å². The summed E-state index contributed by atoms with van der Waals surface area (Å²) in [7, 11) is 3.62. The molecule has 3 atom stereocenters. The van der Waals surface area contributed by atoms with Crippen LogP contribution in [0.3, 0.4) is 0 Å². The van der Waals surface area contributed by atoms with Gasteiger partial charge in [-0.05, 0) is 55.7 Å². The van der Waals surface area contributed by atoms with Crippen molar-refractivity contribution in [2.75, 3.05) is 20.8 Å². The molecule has 2 fully saturated rings. The first-order valence-corrected chi connectivity index (χ1v) is 9.49. The van der Waals surface area contributed by atoms with Crippen molar-refractivity contribution in [3.63, 3.8) is 0 Å². The van der Waals surface area contributed by atoms with Gasteiger partial charge in [-0.15, -0.1) is 0 Å². The molecule has 1 N–H and O–H groups in total. The van der Waals surface area contributed by atoms with Crippen LogP contribution in [0.25, 0.3) is 10.9 Å². The maximum absolute atomic E-state index is 12.6. The van der Waals surface area contributed by atoms with Gasteiger partial charge in [0, 0.05) is 44.4 Å². The van der Waals surface area contributed by atoms with E-state index in [1.165, 1.54) is 0 Å². The highest BCUT2D eigenvalue weighted by molar-refractivity contribution is 5.79. The molecule has 140 valence electrons. The fourth-order valence-electron chi connectivity index (χ4n) is 4.86. The second kappa shape index (κ2) is 6.80. The van der Waals surface area contributed by atoms with Crippen LogP contribution in [0.4, 0.5) is 0 Å². The van der Waals surface area contributed by atoms with Crippen molar-refractivity contribution >= 4 is 10.9 Å². The molecule has 4 rings (SSSR count). The second-order valence-corrected chi connectivity index (χ2v) is 7.85. The number of aromatic amines is 1. The number of aryl methyl sites for hydroxylation is 1. The molecule has 0 unspecified atom stereocenters. The van der Waals surface area contributed by atoms with Crippen LogP contribution in [0.15, 0.2) is 29.1 Å². The fourth-order valence-corrected chi connectivity index (χ4v) is 4.86. The topological polar surface area (TPSA) is 54.6 Å². The molecule has 0 radical (unpaired) electrons. The van der Waals surface area contributed by atoms with E-state index in [-0.39, 0.29) is 17.3 Å². The van der Waals surface area contributed by atoms with Crippen molar-refractivity contribution in [1.82, 2.24) is 9.88 Å². The monoisotopic (exact) mass is 356 g/mol. The van der Waals surface area contributed by atoms with E-state index in [1.54, 1.807) is 7.11 Å². The van der Waals surface area contributed by atoms with Crippen LogP contribution in [0.2, 0.25) is 0 Å². The number of nitrogens with zero attached hydrogens (tertiary/aromatic N) is 1. The average molecular weight is 356 g/mol. The molecule has 5 nitrogen and oxygen atoms in total. The highest BCUT2D eigenvalue weighted by Gasteiger charge is 2.51. The number of rotatable bonds is 4. The SMILES string of the molecule is CO[C@H]1CC[C@@]2(OC)CCN(Cc3cc4ccc(C)cc4[nH]c3=O)[C@H]2C1. The zero-order valence-electron chi connectivity index (χ0n) is 15.9. The third-order valence-electron chi connectivity index (χ3n) is 6.44. The van der Waals surface area contributed by atoms with Crippen molar-refractivity contribution in [2.45, 2.75) is 56.9 Å². The number of likely N-dealkylation sites (tertiary alicyclic amines) is 1. The Morgan fingerprint density at radius 1 is 1.27 bits per heavy atom. The van der Waals surface area contributed by atoms with Gasteiger partial charge in [-0.2, -0.15) is 0 Å². The van der Waals surface area contributed by atoms with Crippen LogP contribution in [0.1, 0.15) is 36.8 Å². The van der Waals surface area contributed by atoms with E-state index in [2.05, 4.69) is 22.0 Å². The molecule has 5 heteroatoms. The number of aromatic nitrogens is 1. The van der Waals surface area contributed by atoms with E-state index in [0.717, 1.165) is 54.3 Å².